The molecule has 2 unspecified atom stereocenters. The zero-order valence-corrected chi connectivity index (χ0v) is 25.2. The van der Waals surface area contributed by atoms with Gasteiger partial charge in [-0.3, -0.25) is 13.9 Å². The van der Waals surface area contributed by atoms with E-state index in [0.29, 0.717) is 47.7 Å². The van der Waals surface area contributed by atoms with Crippen LogP contribution in [0.2, 0.25) is 0 Å². The molecule has 0 spiro atoms. The Morgan fingerprint density at radius 1 is 1.10 bits per heavy atom. The van der Waals surface area contributed by atoms with E-state index in [-0.39, 0.29) is 24.9 Å². The fraction of sp³-hybridized carbons (Fsp3) is 0.406. The number of hydrogen-bond donors (Lipinski definition) is 3. The highest BCUT2D eigenvalue weighted by molar-refractivity contribution is 8.22. The molecule has 2 atom stereocenters. The van der Waals surface area contributed by atoms with Crippen LogP contribution in [0.25, 0.3) is 0 Å². The van der Waals surface area contributed by atoms with Crippen molar-refractivity contribution in [2.75, 3.05) is 27.2 Å². The van der Waals surface area contributed by atoms with E-state index in [1.165, 1.54) is 6.07 Å². The first-order chi connectivity index (χ1) is 19.4. The third-order valence-electron chi connectivity index (χ3n) is 7.80. The van der Waals surface area contributed by atoms with Crippen LogP contribution in [0.1, 0.15) is 59.1 Å². The molecule has 4 rings (SSSR count). The average molecular weight is 585 g/mol. The molecular formula is C32H41FN2O5S. The molecule has 9 heteroatoms. The summed E-state index contributed by atoms with van der Waals surface area (Å²) in [7, 11) is 0.520. The number of aliphatic carboxylic acids is 1. The standard InChI is InChI=1S/C32H41FN2O5S/c1-6-26-20-35(41(38,39)31-10-8-7-9-30(31)40-26)19-25-16-23(12-11-21(25)2)28(18-32(36)37)27-17-24(13-14-34(4)5)29(33)15-22(27)3/h7-12,15-17,26,28,38-39H,6,13-14,18-20H2,1-5H3,(H,36,37). The number of ether oxygens (including phenoxy) is 1. The summed E-state index contributed by atoms with van der Waals surface area (Å²) >= 11 is 0. The maximum absolute atomic E-state index is 14.9. The fourth-order valence-corrected chi connectivity index (χ4v) is 6.94. The minimum absolute atomic E-state index is 0.153. The topological polar surface area (TPSA) is 93.5 Å². The van der Waals surface area contributed by atoms with Gasteiger partial charge in [-0.2, -0.15) is 4.31 Å². The fourth-order valence-electron chi connectivity index (χ4n) is 5.33. The quantitative estimate of drug-likeness (QED) is 0.240. The second-order valence-electron chi connectivity index (χ2n) is 11.1. The number of carbonyl (C=O) groups is 1. The van der Waals surface area contributed by atoms with Gasteiger partial charge in [-0.25, -0.2) is 4.39 Å². The monoisotopic (exact) mass is 584 g/mol. The number of nitrogens with zero attached hydrogens (tertiary/aromatic N) is 2. The van der Waals surface area contributed by atoms with Crippen molar-refractivity contribution in [1.29, 1.82) is 0 Å². The van der Waals surface area contributed by atoms with Gasteiger partial charge >= 0.3 is 5.97 Å². The maximum atomic E-state index is 14.9. The van der Waals surface area contributed by atoms with Crippen LogP contribution in [0.15, 0.2) is 59.5 Å². The first kappa shape index (κ1) is 31.0. The first-order valence-corrected chi connectivity index (χ1v) is 15.4. The van der Waals surface area contributed by atoms with Gasteiger partial charge in [0, 0.05) is 19.0 Å². The molecule has 0 saturated carbocycles. The molecule has 0 aromatic heterocycles. The molecule has 1 heterocycles. The van der Waals surface area contributed by atoms with Crippen LogP contribution < -0.4 is 4.74 Å². The summed E-state index contributed by atoms with van der Waals surface area (Å²) in [6.07, 6.45) is 0.829. The lowest BCUT2D eigenvalue weighted by Gasteiger charge is -2.42. The minimum atomic E-state index is -3.34. The molecule has 41 heavy (non-hydrogen) atoms. The maximum Gasteiger partial charge on any atom is 0.304 e. The van der Waals surface area contributed by atoms with Gasteiger partial charge in [-0.15, -0.1) is 10.8 Å². The molecular weight excluding hydrogens is 543 g/mol. The molecule has 0 fully saturated rings. The summed E-state index contributed by atoms with van der Waals surface area (Å²) < 4.78 is 45.6. The third kappa shape index (κ3) is 7.10. The smallest absolute Gasteiger partial charge is 0.304 e. The molecule has 222 valence electrons. The van der Waals surface area contributed by atoms with Crippen LogP contribution >= 0.6 is 10.8 Å². The van der Waals surface area contributed by atoms with Gasteiger partial charge in [0.25, 0.3) is 0 Å². The van der Waals surface area contributed by atoms with Crippen LogP contribution in [-0.2, 0) is 17.8 Å². The van der Waals surface area contributed by atoms with E-state index < -0.39 is 22.7 Å². The summed E-state index contributed by atoms with van der Waals surface area (Å²) in [5.41, 5.74) is 4.64. The zero-order valence-electron chi connectivity index (χ0n) is 24.4. The van der Waals surface area contributed by atoms with Crippen LogP contribution in [-0.4, -0.2) is 62.7 Å². The molecule has 0 aliphatic carbocycles. The van der Waals surface area contributed by atoms with Gasteiger partial charge in [0.15, 0.2) is 0 Å². The van der Waals surface area contributed by atoms with E-state index >= 15 is 0 Å². The summed E-state index contributed by atoms with van der Waals surface area (Å²) in [5, 5.41) is 9.87. The molecule has 0 amide bonds. The molecule has 0 saturated heterocycles. The van der Waals surface area contributed by atoms with Crippen molar-refractivity contribution in [3.8, 4) is 5.75 Å². The number of fused-ring (bicyclic) bond motifs is 1. The Balaban J connectivity index is 1.74. The second-order valence-corrected chi connectivity index (χ2v) is 13.1. The lowest BCUT2D eigenvalue weighted by molar-refractivity contribution is -0.137. The number of para-hydroxylation sites is 1. The van der Waals surface area contributed by atoms with Crippen molar-refractivity contribution in [2.24, 2.45) is 0 Å². The Morgan fingerprint density at radius 3 is 2.51 bits per heavy atom. The van der Waals surface area contributed by atoms with E-state index in [9.17, 15) is 23.4 Å². The van der Waals surface area contributed by atoms with Gasteiger partial charge < -0.3 is 14.7 Å². The molecule has 7 nitrogen and oxygen atoms in total. The number of aryl methyl sites for hydroxylation is 2. The Kier molecular flexibility index (Phi) is 9.77. The van der Waals surface area contributed by atoms with Gasteiger partial charge in [0.2, 0.25) is 0 Å². The van der Waals surface area contributed by atoms with Crippen molar-refractivity contribution in [3.05, 3.63) is 93.8 Å². The number of carboxylic acids is 1. The number of benzene rings is 3. The van der Waals surface area contributed by atoms with Crippen molar-refractivity contribution in [3.63, 3.8) is 0 Å². The molecule has 1 aliphatic rings. The minimum Gasteiger partial charge on any atom is -0.487 e. The van der Waals surface area contributed by atoms with E-state index in [0.717, 1.165) is 22.3 Å². The van der Waals surface area contributed by atoms with Gasteiger partial charge in [0.1, 0.15) is 22.6 Å². The van der Waals surface area contributed by atoms with Crippen LogP contribution in [0.3, 0.4) is 0 Å². The van der Waals surface area contributed by atoms with Crippen LogP contribution in [0.4, 0.5) is 4.39 Å². The van der Waals surface area contributed by atoms with Gasteiger partial charge in [-0.1, -0.05) is 43.3 Å². The zero-order chi connectivity index (χ0) is 29.9. The third-order valence-corrected chi connectivity index (χ3v) is 9.73. The average Bonchev–Trinajstić information content (AvgIpc) is 3.01. The largest absolute Gasteiger partial charge is 0.487 e. The molecule has 0 radical (unpaired) electrons. The Labute approximate surface area is 244 Å². The van der Waals surface area contributed by atoms with Crippen molar-refractivity contribution >= 4 is 16.7 Å². The predicted molar refractivity (Wildman–Crippen MR) is 161 cm³/mol. The second kappa shape index (κ2) is 12.9. The molecule has 3 N–H and O–H groups in total. The summed E-state index contributed by atoms with van der Waals surface area (Å²) in [4.78, 5) is 14.4. The van der Waals surface area contributed by atoms with Crippen molar-refractivity contribution < 1.29 is 28.1 Å². The van der Waals surface area contributed by atoms with Crippen molar-refractivity contribution in [1.82, 2.24) is 9.21 Å². The molecule has 3 aromatic rings. The van der Waals surface area contributed by atoms with E-state index in [1.807, 2.05) is 70.1 Å². The number of likely N-dealkylation sites (N-methyl/N-ethyl adjacent to an activating group) is 1. The summed E-state index contributed by atoms with van der Waals surface area (Å²) in [6.45, 7) is 7.01. The summed E-state index contributed by atoms with van der Waals surface area (Å²) in [5.74, 6) is -1.25. The highest BCUT2D eigenvalue weighted by atomic mass is 32.3. The number of hydrogen-bond acceptors (Lipinski definition) is 6. The van der Waals surface area contributed by atoms with E-state index in [2.05, 4.69) is 0 Å². The predicted octanol–water partition coefficient (Wildman–Crippen LogP) is 6.85. The van der Waals surface area contributed by atoms with E-state index in [1.54, 1.807) is 22.5 Å². The highest BCUT2D eigenvalue weighted by Gasteiger charge is 2.35. The summed E-state index contributed by atoms with van der Waals surface area (Å²) in [6, 6.07) is 16.2. The number of halogens is 1. The first-order valence-electron chi connectivity index (χ1n) is 13.9. The van der Waals surface area contributed by atoms with Crippen molar-refractivity contribution in [2.45, 2.75) is 63.5 Å². The SMILES string of the molecule is CCC1CN(Cc2cc(C(CC(=O)O)c3cc(CCN(C)C)c(F)cc3C)ccc2C)S(O)(O)c2ccccc2O1. The Bertz CT molecular complexity index is 1400. The molecule has 0 bridgehead atoms. The molecule has 1 aliphatic heterocycles. The van der Waals surface area contributed by atoms with E-state index in [4.69, 9.17) is 4.74 Å². The lowest BCUT2D eigenvalue weighted by Crippen LogP contribution is -2.34. The highest BCUT2D eigenvalue weighted by Crippen LogP contribution is 2.57. The number of carboxylic acid groups (broad SMARTS) is 1. The normalized spacial score (nSPS) is 18.3. The number of rotatable bonds is 10. The van der Waals surface area contributed by atoms with Gasteiger partial charge in [0.05, 0.1) is 13.0 Å². The van der Waals surface area contributed by atoms with Crippen LogP contribution in [0, 0.1) is 19.7 Å². The Morgan fingerprint density at radius 2 is 1.83 bits per heavy atom. The molecule has 3 aromatic carbocycles. The van der Waals surface area contributed by atoms with Gasteiger partial charge in [-0.05, 0) is 92.4 Å². The Hall–Kier alpha value is -2.95. The van der Waals surface area contributed by atoms with Crippen LogP contribution in [0.5, 0.6) is 5.75 Å². The lowest BCUT2D eigenvalue weighted by atomic mass is 9.83.